The van der Waals surface area contributed by atoms with Crippen LogP contribution in [0.15, 0.2) is 4.52 Å². The molecule has 0 amide bonds. The summed E-state index contributed by atoms with van der Waals surface area (Å²) in [6.45, 7) is 10.3. The molecule has 92 valence electrons. The van der Waals surface area contributed by atoms with Crippen molar-refractivity contribution in [2.24, 2.45) is 0 Å². The van der Waals surface area contributed by atoms with E-state index in [1.54, 1.807) is 0 Å². The van der Waals surface area contributed by atoms with E-state index in [9.17, 15) is 0 Å². The molecule has 0 aliphatic heterocycles. The normalized spacial score (nSPS) is 12.0. The van der Waals surface area contributed by atoms with Gasteiger partial charge in [-0.05, 0) is 27.7 Å². The van der Waals surface area contributed by atoms with Crippen molar-refractivity contribution >= 4 is 0 Å². The van der Waals surface area contributed by atoms with Gasteiger partial charge in [0.25, 0.3) is 0 Å². The van der Waals surface area contributed by atoms with E-state index < -0.39 is 0 Å². The van der Waals surface area contributed by atoms with Gasteiger partial charge in [-0.25, -0.2) is 0 Å². The van der Waals surface area contributed by atoms with Gasteiger partial charge in [0.15, 0.2) is 5.82 Å². The van der Waals surface area contributed by atoms with Crippen LogP contribution >= 0.6 is 0 Å². The lowest BCUT2D eigenvalue weighted by molar-refractivity contribution is -0.000745. The van der Waals surface area contributed by atoms with Crippen LogP contribution in [-0.2, 0) is 11.2 Å². The number of hydrogen-bond acceptors (Lipinski definition) is 5. The molecule has 1 rings (SSSR count). The van der Waals surface area contributed by atoms with Gasteiger partial charge in [0.05, 0.1) is 12.2 Å². The van der Waals surface area contributed by atoms with Crippen LogP contribution < -0.4 is 5.32 Å². The zero-order chi connectivity index (χ0) is 12.0. The molecule has 5 nitrogen and oxygen atoms in total. The summed E-state index contributed by atoms with van der Waals surface area (Å²) in [5.41, 5.74) is -0.0642. The maximum atomic E-state index is 5.57. The maximum Gasteiger partial charge on any atom is 0.227 e. The summed E-state index contributed by atoms with van der Waals surface area (Å²) in [6.07, 6.45) is 0.760. The van der Waals surface area contributed by atoms with E-state index in [-0.39, 0.29) is 5.60 Å². The number of nitrogens with one attached hydrogen (secondary N) is 1. The SMILES string of the molecule is Cc1noc(CCNCCOC(C)(C)C)n1. The third kappa shape index (κ3) is 5.82. The van der Waals surface area contributed by atoms with Crippen LogP contribution in [0.25, 0.3) is 0 Å². The molecule has 0 fully saturated rings. The molecule has 0 aliphatic carbocycles. The zero-order valence-corrected chi connectivity index (χ0v) is 10.5. The van der Waals surface area contributed by atoms with Gasteiger partial charge < -0.3 is 14.6 Å². The Kier molecular flexibility index (Phi) is 4.89. The Hall–Kier alpha value is -0.940. The molecule has 1 heterocycles. The fourth-order valence-electron chi connectivity index (χ4n) is 1.19. The molecular formula is C11H21N3O2. The lowest BCUT2D eigenvalue weighted by Crippen LogP contribution is -2.27. The van der Waals surface area contributed by atoms with Gasteiger partial charge in [0.1, 0.15) is 0 Å². The van der Waals surface area contributed by atoms with Gasteiger partial charge >= 0.3 is 0 Å². The summed E-state index contributed by atoms with van der Waals surface area (Å²) in [5, 5.41) is 6.99. The van der Waals surface area contributed by atoms with Crippen molar-refractivity contribution in [3.8, 4) is 0 Å². The summed E-state index contributed by atoms with van der Waals surface area (Å²) in [5.74, 6) is 1.37. The first-order chi connectivity index (χ1) is 7.47. The Balaban J connectivity index is 2.00. The molecule has 1 N–H and O–H groups in total. The van der Waals surface area contributed by atoms with Gasteiger partial charge in [0, 0.05) is 19.5 Å². The summed E-state index contributed by atoms with van der Waals surface area (Å²) < 4.78 is 10.6. The average Bonchev–Trinajstić information content (AvgIpc) is 2.56. The fraction of sp³-hybridized carbons (Fsp3) is 0.818. The maximum absolute atomic E-state index is 5.57. The smallest absolute Gasteiger partial charge is 0.227 e. The molecule has 1 aromatic rings. The Morgan fingerprint density at radius 2 is 2.06 bits per heavy atom. The third-order valence-corrected chi connectivity index (χ3v) is 1.90. The fourth-order valence-corrected chi connectivity index (χ4v) is 1.19. The minimum Gasteiger partial charge on any atom is -0.375 e. The van der Waals surface area contributed by atoms with Crippen molar-refractivity contribution in [2.75, 3.05) is 19.7 Å². The van der Waals surface area contributed by atoms with Crippen LogP contribution in [-0.4, -0.2) is 35.4 Å². The first kappa shape index (κ1) is 13.1. The Morgan fingerprint density at radius 1 is 1.31 bits per heavy atom. The second kappa shape index (κ2) is 5.96. The first-order valence-electron chi connectivity index (χ1n) is 5.61. The van der Waals surface area contributed by atoms with Crippen LogP contribution in [0.3, 0.4) is 0 Å². The number of aryl methyl sites for hydroxylation is 1. The van der Waals surface area contributed by atoms with Gasteiger partial charge in [0.2, 0.25) is 5.89 Å². The van der Waals surface area contributed by atoms with Gasteiger partial charge in [-0.15, -0.1) is 0 Å². The zero-order valence-electron chi connectivity index (χ0n) is 10.5. The predicted octanol–water partition coefficient (Wildman–Crippen LogP) is 1.33. The standard InChI is InChI=1S/C11H21N3O2/c1-9-13-10(16-14-9)5-6-12-7-8-15-11(2,3)4/h12H,5-8H2,1-4H3. The van der Waals surface area contributed by atoms with Crippen molar-refractivity contribution in [1.29, 1.82) is 0 Å². The van der Waals surface area contributed by atoms with E-state index in [1.807, 2.05) is 27.7 Å². The number of aromatic nitrogens is 2. The molecule has 16 heavy (non-hydrogen) atoms. The molecule has 1 aromatic heterocycles. The van der Waals surface area contributed by atoms with Crippen LogP contribution in [0.5, 0.6) is 0 Å². The summed E-state index contributed by atoms with van der Waals surface area (Å²) in [7, 11) is 0. The molecule has 0 aromatic carbocycles. The molecule has 0 bridgehead atoms. The lowest BCUT2D eigenvalue weighted by Gasteiger charge is -2.19. The van der Waals surface area contributed by atoms with Crippen LogP contribution in [0.4, 0.5) is 0 Å². The topological polar surface area (TPSA) is 60.2 Å². The van der Waals surface area contributed by atoms with Crippen molar-refractivity contribution in [3.05, 3.63) is 11.7 Å². The summed E-state index contributed by atoms with van der Waals surface area (Å²) in [6, 6.07) is 0. The highest BCUT2D eigenvalue weighted by Crippen LogP contribution is 2.05. The third-order valence-electron chi connectivity index (χ3n) is 1.90. The molecule has 5 heteroatoms. The van der Waals surface area contributed by atoms with E-state index in [2.05, 4.69) is 15.5 Å². The molecule has 0 radical (unpaired) electrons. The Morgan fingerprint density at radius 3 is 2.62 bits per heavy atom. The highest BCUT2D eigenvalue weighted by molar-refractivity contribution is 4.83. The van der Waals surface area contributed by atoms with Gasteiger partial charge in [-0.3, -0.25) is 0 Å². The van der Waals surface area contributed by atoms with Crippen molar-refractivity contribution < 1.29 is 9.26 Å². The van der Waals surface area contributed by atoms with Crippen molar-refractivity contribution in [1.82, 2.24) is 15.5 Å². The van der Waals surface area contributed by atoms with Crippen LogP contribution in [0.2, 0.25) is 0 Å². The summed E-state index contributed by atoms with van der Waals surface area (Å²) >= 11 is 0. The quantitative estimate of drug-likeness (QED) is 0.743. The lowest BCUT2D eigenvalue weighted by atomic mass is 10.2. The highest BCUT2D eigenvalue weighted by atomic mass is 16.5. The largest absolute Gasteiger partial charge is 0.375 e. The monoisotopic (exact) mass is 227 g/mol. The predicted molar refractivity (Wildman–Crippen MR) is 61.3 cm³/mol. The number of hydrogen-bond donors (Lipinski definition) is 1. The van der Waals surface area contributed by atoms with E-state index in [0.717, 1.165) is 19.5 Å². The van der Waals surface area contributed by atoms with E-state index in [0.29, 0.717) is 18.3 Å². The molecule has 0 atom stereocenters. The minimum absolute atomic E-state index is 0.0642. The first-order valence-corrected chi connectivity index (χ1v) is 5.61. The highest BCUT2D eigenvalue weighted by Gasteiger charge is 2.08. The van der Waals surface area contributed by atoms with E-state index in [4.69, 9.17) is 9.26 Å². The Bertz CT molecular complexity index is 304. The van der Waals surface area contributed by atoms with E-state index in [1.165, 1.54) is 0 Å². The van der Waals surface area contributed by atoms with Crippen LogP contribution in [0, 0.1) is 6.92 Å². The summed E-state index contributed by atoms with van der Waals surface area (Å²) in [4.78, 5) is 4.12. The molecule has 0 saturated carbocycles. The molecule has 0 unspecified atom stereocenters. The van der Waals surface area contributed by atoms with Gasteiger partial charge in [-0.1, -0.05) is 5.16 Å². The Labute approximate surface area is 96.6 Å². The molecule has 0 saturated heterocycles. The van der Waals surface area contributed by atoms with Gasteiger partial charge in [-0.2, -0.15) is 4.98 Å². The van der Waals surface area contributed by atoms with Crippen LogP contribution in [0.1, 0.15) is 32.5 Å². The second-order valence-corrected chi connectivity index (χ2v) is 4.70. The average molecular weight is 227 g/mol. The number of rotatable bonds is 6. The van der Waals surface area contributed by atoms with E-state index >= 15 is 0 Å². The minimum atomic E-state index is -0.0642. The van der Waals surface area contributed by atoms with Crippen molar-refractivity contribution in [2.45, 2.75) is 39.7 Å². The molecule has 0 aliphatic rings. The number of nitrogens with zero attached hydrogens (tertiary/aromatic N) is 2. The van der Waals surface area contributed by atoms with Crippen molar-refractivity contribution in [3.63, 3.8) is 0 Å². The second-order valence-electron chi connectivity index (χ2n) is 4.70. The molecule has 0 spiro atoms. The molecular weight excluding hydrogens is 206 g/mol. The number of ether oxygens (including phenoxy) is 1.